The first-order valence-electron chi connectivity index (χ1n) is 5.92. The number of hydrogen-bond acceptors (Lipinski definition) is 3. The van der Waals surface area contributed by atoms with Crippen molar-refractivity contribution in [2.75, 3.05) is 13.1 Å². The first-order chi connectivity index (χ1) is 8.06. The third-order valence-corrected chi connectivity index (χ3v) is 2.91. The van der Waals surface area contributed by atoms with Gasteiger partial charge in [0.25, 0.3) is 0 Å². The summed E-state index contributed by atoms with van der Waals surface area (Å²) in [5, 5.41) is 15.0. The Morgan fingerprint density at radius 2 is 1.88 bits per heavy atom. The minimum atomic E-state index is -0.859. The zero-order chi connectivity index (χ0) is 12.7. The summed E-state index contributed by atoms with van der Waals surface area (Å²) in [5.41, 5.74) is -0.859. The van der Waals surface area contributed by atoms with Crippen molar-refractivity contribution in [1.29, 1.82) is 0 Å². The second-order valence-corrected chi connectivity index (χ2v) is 4.48. The smallest absolute Gasteiger partial charge is 0.239 e. The lowest BCUT2D eigenvalue weighted by Crippen LogP contribution is -2.40. The zero-order valence-electron chi connectivity index (χ0n) is 10.00. The van der Waals surface area contributed by atoms with Gasteiger partial charge in [0.1, 0.15) is 0 Å². The molecule has 1 rings (SSSR count). The van der Waals surface area contributed by atoms with E-state index in [-0.39, 0.29) is 24.8 Å². The molecule has 0 saturated heterocycles. The highest BCUT2D eigenvalue weighted by Crippen LogP contribution is 2.31. The maximum Gasteiger partial charge on any atom is 0.239 e. The largest absolute Gasteiger partial charge is 0.389 e. The third-order valence-electron chi connectivity index (χ3n) is 2.91. The van der Waals surface area contributed by atoms with Gasteiger partial charge >= 0.3 is 0 Å². The summed E-state index contributed by atoms with van der Waals surface area (Å²) in [5.74, 6) is -0.528. The number of rotatable bonds is 6. The van der Waals surface area contributed by atoms with Gasteiger partial charge in [-0.2, -0.15) is 0 Å². The molecular weight excluding hydrogens is 220 g/mol. The normalized spacial score (nSPS) is 17.5. The SMILES string of the molecule is C=CCNC(=O)CNC(=O)CC1(O)CCCC1. The van der Waals surface area contributed by atoms with Crippen LogP contribution in [0.4, 0.5) is 0 Å². The van der Waals surface area contributed by atoms with Gasteiger partial charge in [-0.05, 0) is 12.8 Å². The van der Waals surface area contributed by atoms with E-state index in [1.54, 1.807) is 6.08 Å². The Labute approximate surface area is 101 Å². The van der Waals surface area contributed by atoms with E-state index in [9.17, 15) is 14.7 Å². The van der Waals surface area contributed by atoms with Crippen LogP contribution in [0.1, 0.15) is 32.1 Å². The molecule has 0 aromatic rings. The van der Waals surface area contributed by atoms with E-state index in [1.807, 2.05) is 0 Å². The molecule has 5 nitrogen and oxygen atoms in total. The van der Waals surface area contributed by atoms with Crippen LogP contribution in [0.5, 0.6) is 0 Å². The molecule has 5 heteroatoms. The third kappa shape index (κ3) is 4.99. The molecule has 2 amide bonds. The fourth-order valence-electron chi connectivity index (χ4n) is 2.00. The summed E-state index contributed by atoms with van der Waals surface area (Å²) in [4.78, 5) is 22.7. The summed E-state index contributed by atoms with van der Waals surface area (Å²) in [6, 6.07) is 0. The van der Waals surface area contributed by atoms with E-state index >= 15 is 0 Å². The number of hydrogen-bond donors (Lipinski definition) is 3. The number of amides is 2. The van der Waals surface area contributed by atoms with E-state index in [0.717, 1.165) is 12.8 Å². The number of aliphatic hydroxyl groups is 1. The topological polar surface area (TPSA) is 78.4 Å². The van der Waals surface area contributed by atoms with E-state index in [4.69, 9.17) is 0 Å². The maximum atomic E-state index is 11.5. The fourth-order valence-corrected chi connectivity index (χ4v) is 2.00. The molecule has 0 aliphatic heterocycles. The molecule has 3 N–H and O–H groups in total. The van der Waals surface area contributed by atoms with Gasteiger partial charge in [-0.3, -0.25) is 9.59 Å². The van der Waals surface area contributed by atoms with Gasteiger partial charge in [0.15, 0.2) is 0 Å². The van der Waals surface area contributed by atoms with Gasteiger partial charge < -0.3 is 15.7 Å². The molecule has 0 radical (unpaired) electrons. The van der Waals surface area contributed by atoms with Crippen molar-refractivity contribution in [2.45, 2.75) is 37.7 Å². The molecule has 0 bridgehead atoms. The summed E-state index contributed by atoms with van der Waals surface area (Å²) < 4.78 is 0. The van der Waals surface area contributed by atoms with Crippen LogP contribution in [0.3, 0.4) is 0 Å². The Kier molecular flexibility index (Phi) is 5.15. The molecule has 17 heavy (non-hydrogen) atoms. The first kappa shape index (κ1) is 13.7. The average Bonchev–Trinajstić information content (AvgIpc) is 2.70. The number of carbonyl (C=O) groups is 2. The molecule has 1 aliphatic rings. The molecule has 0 aromatic heterocycles. The highest BCUT2D eigenvalue weighted by atomic mass is 16.3. The lowest BCUT2D eigenvalue weighted by atomic mass is 9.98. The quantitative estimate of drug-likeness (QED) is 0.576. The van der Waals surface area contributed by atoms with Crippen molar-refractivity contribution in [3.63, 3.8) is 0 Å². The van der Waals surface area contributed by atoms with E-state index in [1.165, 1.54) is 0 Å². The second kappa shape index (κ2) is 6.39. The maximum absolute atomic E-state index is 11.5. The van der Waals surface area contributed by atoms with Gasteiger partial charge in [0.2, 0.25) is 11.8 Å². The van der Waals surface area contributed by atoms with E-state index in [2.05, 4.69) is 17.2 Å². The van der Waals surface area contributed by atoms with Crippen LogP contribution in [0, 0.1) is 0 Å². The van der Waals surface area contributed by atoms with E-state index in [0.29, 0.717) is 19.4 Å². The first-order valence-corrected chi connectivity index (χ1v) is 5.92. The molecule has 1 saturated carbocycles. The average molecular weight is 240 g/mol. The summed E-state index contributed by atoms with van der Waals surface area (Å²) in [7, 11) is 0. The van der Waals surface area contributed by atoms with Crippen LogP contribution in [-0.2, 0) is 9.59 Å². The Balaban J connectivity index is 2.20. The lowest BCUT2D eigenvalue weighted by Gasteiger charge is -2.20. The van der Waals surface area contributed by atoms with Crippen molar-refractivity contribution in [1.82, 2.24) is 10.6 Å². The summed E-state index contributed by atoms with van der Waals surface area (Å²) in [6.45, 7) is 3.81. The van der Waals surface area contributed by atoms with Crippen LogP contribution < -0.4 is 10.6 Å². The van der Waals surface area contributed by atoms with Crippen molar-refractivity contribution < 1.29 is 14.7 Å². The molecule has 0 aromatic carbocycles. The second-order valence-electron chi connectivity index (χ2n) is 4.48. The monoisotopic (exact) mass is 240 g/mol. The molecule has 0 atom stereocenters. The van der Waals surface area contributed by atoms with Gasteiger partial charge in [0.05, 0.1) is 18.6 Å². The molecule has 0 spiro atoms. The van der Waals surface area contributed by atoms with Crippen molar-refractivity contribution in [3.8, 4) is 0 Å². The van der Waals surface area contributed by atoms with Gasteiger partial charge in [-0.15, -0.1) is 6.58 Å². The highest BCUT2D eigenvalue weighted by Gasteiger charge is 2.33. The molecule has 96 valence electrons. The Bertz CT molecular complexity index is 296. The molecule has 0 unspecified atom stereocenters. The Hall–Kier alpha value is -1.36. The van der Waals surface area contributed by atoms with Gasteiger partial charge in [-0.1, -0.05) is 18.9 Å². The van der Waals surface area contributed by atoms with Crippen LogP contribution in [-0.4, -0.2) is 35.6 Å². The number of nitrogens with one attached hydrogen (secondary N) is 2. The predicted molar refractivity (Wildman–Crippen MR) is 64.3 cm³/mol. The summed E-state index contributed by atoms with van der Waals surface area (Å²) >= 11 is 0. The molecule has 0 heterocycles. The van der Waals surface area contributed by atoms with Crippen LogP contribution >= 0.6 is 0 Å². The van der Waals surface area contributed by atoms with Crippen LogP contribution in [0.25, 0.3) is 0 Å². The molecule has 1 aliphatic carbocycles. The lowest BCUT2D eigenvalue weighted by molar-refractivity contribution is -0.129. The van der Waals surface area contributed by atoms with Gasteiger partial charge in [0, 0.05) is 6.54 Å². The standard InChI is InChI=1S/C12H20N2O3/c1-2-7-13-11(16)9-14-10(15)8-12(17)5-3-4-6-12/h2,17H,1,3-9H2,(H,13,16)(H,14,15). The highest BCUT2D eigenvalue weighted by molar-refractivity contribution is 5.85. The minimum absolute atomic E-state index is 0.0528. The van der Waals surface area contributed by atoms with Crippen LogP contribution in [0.2, 0.25) is 0 Å². The van der Waals surface area contributed by atoms with E-state index < -0.39 is 5.60 Å². The van der Waals surface area contributed by atoms with Gasteiger partial charge in [-0.25, -0.2) is 0 Å². The fraction of sp³-hybridized carbons (Fsp3) is 0.667. The molecule has 1 fully saturated rings. The van der Waals surface area contributed by atoms with Crippen molar-refractivity contribution >= 4 is 11.8 Å². The Morgan fingerprint density at radius 1 is 1.24 bits per heavy atom. The summed E-state index contributed by atoms with van der Waals surface area (Å²) in [6.07, 6.45) is 4.92. The van der Waals surface area contributed by atoms with Crippen LogP contribution in [0.15, 0.2) is 12.7 Å². The zero-order valence-corrected chi connectivity index (χ0v) is 10.00. The predicted octanol–water partition coefficient (Wildman–Crippen LogP) is 0.1000. The molecular formula is C12H20N2O3. The number of carbonyl (C=O) groups excluding carboxylic acids is 2. The van der Waals surface area contributed by atoms with Crippen molar-refractivity contribution in [3.05, 3.63) is 12.7 Å². The minimum Gasteiger partial charge on any atom is -0.389 e. The Morgan fingerprint density at radius 3 is 2.47 bits per heavy atom. The van der Waals surface area contributed by atoms with Crippen molar-refractivity contribution in [2.24, 2.45) is 0 Å².